The molecule has 0 N–H and O–H groups in total. The number of hydrogen-bond acceptors (Lipinski definition) is 0. The van der Waals surface area contributed by atoms with E-state index in [9.17, 15) is 0 Å². The van der Waals surface area contributed by atoms with E-state index in [1.165, 1.54) is 141 Å². The van der Waals surface area contributed by atoms with Crippen molar-refractivity contribution in [3.05, 3.63) is 0 Å². The Bertz CT molecular complexity index is 214. The van der Waals surface area contributed by atoms with Gasteiger partial charge in [-0.3, -0.25) is 0 Å². The minimum atomic E-state index is 0.783. The number of rotatable bonds is 22. The van der Waals surface area contributed by atoms with Gasteiger partial charge in [0.15, 0.2) is 0 Å². The highest BCUT2D eigenvalue weighted by atomic mass is 79.9. The molecule has 1 heteroatoms. The predicted molar refractivity (Wildman–Crippen MR) is 126 cm³/mol. The molecule has 0 fully saturated rings. The van der Waals surface area contributed by atoms with E-state index >= 15 is 0 Å². The van der Waals surface area contributed by atoms with E-state index in [0.717, 1.165) is 4.83 Å². The molecule has 0 aliphatic rings. The molecule has 0 radical (unpaired) electrons. The first-order valence-electron chi connectivity index (χ1n) is 12.4. The summed E-state index contributed by atoms with van der Waals surface area (Å²) in [7, 11) is 0. The maximum atomic E-state index is 3.91. The molecule has 0 amide bonds. The summed E-state index contributed by atoms with van der Waals surface area (Å²) in [4.78, 5) is 0.783. The molecule has 0 aromatic carbocycles. The van der Waals surface area contributed by atoms with E-state index in [4.69, 9.17) is 0 Å². The molecular formula is C25H51Br. The Morgan fingerprint density at radius 2 is 0.615 bits per heavy atom. The number of alkyl halides is 1. The highest BCUT2D eigenvalue weighted by Crippen LogP contribution is 2.20. The Labute approximate surface area is 175 Å². The first-order chi connectivity index (χ1) is 12.8. The Morgan fingerprint density at radius 1 is 0.385 bits per heavy atom. The lowest BCUT2D eigenvalue weighted by molar-refractivity contribution is 0.526. The molecule has 0 aromatic heterocycles. The minimum absolute atomic E-state index is 0.783. The lowest BCUT2D eigenvalue weighted by Crippen LogP contribution is -1.97. The van der Waals surface area contributed by atoms with Crippen molar-refractivity contribution in [1.82, 2.24) is 0 Å². The third-order valence-corrected chi connectivity index (χ3v) is 6.66. The van der Waals surface area contributed by atoms with E-state index < -0.39 is 0 Å². The number of unbranched alkanes of at least 4 members (excludes halogenated alkanes) is 18. The van der Waals surface area contributed by atoms with Crippen molar-refractivity contribution in [2.24, 2.45) is 0 Å². The summed E-state index contributed by atoms with van der Waals surface area (Å²) in [6.07, 6.45) is 31.8. The van der Waals surface area contributed by atoms with Gasteiger partial charge in [-0.1, -0.05) is 158 Å². The van der Waals surface area contributed by atoms with Crippen LogP contribution in [0.15, 0.2) is 0 Å². The molecule has 0 atom stereocenters. The van der Waals surface area contributed by atoms with Gasteiger partial charge in [-0.05, 0) is 12.8 Å². The van der Waals surface area contributed by atoms with Gasteiger partial charge in [-0.15, -0.1) is 0 Å². The highest BCUT2D eigenvalue weighted by Gasteiger charge is 2.03. The standard InChI is InChI=1S/C25H51Br/c1-3-5-7-9-11-13-15-17-19-21-23-25(26)24-22-20-18-16-14-12-10-8-6-4-2/h25H,3-24H2,1-2H3. The molecule has 0 aromatic rings. The van der Waals surface area contributed by atoms with E-state index in [1.54, 1.807) is 0 Å². The van der Waals surface area contributed by atoms with E-state index in [0.29, 0.717) is 0 Å². The molecule has 0 heterocycles. The molecule has 158 valence electrons. The molecule has 0 bridgehead atoms. The fourth-order valence-corrected chi connectivity index (χ4v) is 4.50. The normalized spacial score (nSPS) is 11.5. The zero-order valence-electron chi connectivity index (χ0n) is 18.5. The van der Waals surface area contributed by atoms with Crippen molar-refractivity contribution in [2.45, 2.75) is 160 Å². The van der Waals surface area contributed by atoms with Crippen LogP contribution in [-0.2, 0) is 0 Å². The van der Waals surface area contributed by atoms with Gasteiger partial charge in [-0.2, -0.15) is 0 Å². The average molecular weight is 432 g/mol. The first-order valence-corrected chi connectivity index (χ1v) is 13.4. The Balaban J connectivity index is 3.12. The van der Waals surface area contributed by atoms with Crippen molar-refractivity contribution >= 4 is 15.9 Å². The zero-order valence-corrected chi connectivity index (χ0v) is 20.1. The van der Waals surface area contributed by atoms with Gasteiger partial charge in [0.1, 0.15) is 0 Å². The second-order valence-electron chi connectivity index (χ2n) is 8.54. The zero-order chi connectivity index (χ0) is 19.1. The summed E-state index contributed by atoms with van der Waals surface area (Å²) >= 11 is 3.91. The summed E-state index contributed by atoms with van der Waals surface area (Å²) in [5, 5.41) is 0. The van der Waals surface area contributed by atoms with Crippen molar-refractivity contribution in [3.63, 3.8) is 0 Å². The third-order valence-electron chi connectivity index (χ3n) is 5.74. The van der Waals surface area contributed by atoms with Gasteiger partial charge >= 0.3 is 0 Å². The molecule has 0 unspecified atom stereocenters. The van der Waals surface area contributed by atoms with Crippen LogP contribution in [0.2, 0.25) is 0 Å². The summed E-state index contributed by atoms with van der Waals surface area (Å²) in [6.45, 7) is 4.60. The molecule has 26 heavy (non-hydrogen) atoms. The molecule has 0 nitrogen and oxygen atoms in total. The van der Waals surface area contributed by atoms with Crippen LogP contribution in [0.4, 0.5) is 0 Å². The van der Waals surface area contributed by atoms with Crippen LogP contribution in [0.25, 0.3) is 0 Å². The molecule has 0 aliphatic heterocycles. The lowest BCUT2D eigenvalue weighted by atomic mass is 10.0. The van der Waals surface area contributed by atoms with Crippen molar-refractivity contribution in [2.75, 3.05) is 0 Å². The molecule has 0 saturated carbocycles. The fourth-order valence-electron chi connectivity index (χ4n) is 3.85. The van der Waals surface area contributed by atoms with Gasteiger partial charge in [0.05, 0.1) is 0 Å². The van der Waals surface area contributed by atoms with E-state index in [2.05, 4.69) is 29.8 Å². The fraction of sp³-hybridized carbons (Fsp3) is 1.00. The topological polar surface area (TPSA) is 0 Å². The Hall–Kier alpha value is 0.480. The minimum Gasteiger partial charge on any atom is -0.0891 e. The maximum absolute atomic E-state index is 3.91. The largest absolute Gasteiger partial charge is 0.0891 e. The Morgan fingerprint density at radius 3 is 0.885 bits per heavy atom. The van der Waals surface area contributed by atoms with Crippen LogP contribution < -0.4 is 0 Å². The van der Waals surface area contributed by atoms with Gasteiger partial charge in [0.25, 0.3) is 0 Å². The van der Waals surface area contributed by atoms with Crippen molar-refractivity contribution in [1.29, 1.82) is 0 Å². The molecule has 0 spiro atoms. The van der Waals surface area contributed by atoms with E-state index in [1.807, 2.05) is 0 Å². The second kappa shape index (κ2) is 23.5. The summed E-state index contributed by atoms with van der Waals surface area (Å²) in [5.74, 6) is 0. The number of hydrogen-bond donors (Lipinski definition) is 0. The smallest absolute Gasteiger partial charge is 0.0145 e. The van der Waals surface area contributed by atoms with Gasteiger partial charge in [0.2, 0.25) is 0 Å². The lowest BCUT2D eigenvalue weighted by Gasteiger charge is -2.09. The number of halogens is 1. The highest BCUT2D eigenvalue weighted by molar-refractivity contribution is 9.09. The van der Waals surface area contributed by atoms with Crippen LogP contribution in [0, 0.1) is 0 Å². The van der Waals surface area contributed by atoms with Crippen LogP contribution in [0.3, 0.4) is 0 Å². The monoisotopic (exact) mass is 430 g/mol. The van der Waals surface area contributed by atoms with Crippen LogP contribution in [-0.4, -0.2) is 4.83 Å². The van der Waals surface area contributed by atoms with Crippen LogP contribution in [0.1, 0.15) is 155 Å². The SMILES string of the molecule is CCCCCCCCCCCCC(Br)CCCCCCCCCCCC. The quantitative estimate of drug-likeness (QED) is 0.118. The molecule has 0 saturated heterocycles. The van der Waals surface area contributed by atoms with Crippen LogP contribution >= 0.6 is 15.9 Å². The first kappa shape index (κ1) is 26.5. The average Bonchev–Trinajstić information content (AvgIpc) is 2.64. The third kappa shape index (κ3) is 22.5. The van der Waals surface area contributed by atoms with Gasteiger partial charge < -0.3 is 0 Å². The summed E-state index contributed by atoms with van der Waals surface area (Å²) in [6, 6.07) is 0. The van der Waals surface area contributed by atoms with Gasteiger partial charge in [0, 0.05) is 4.83 Å². The van der Waals surface area contributed by atoms with E-state index in [-0.39, 0.29) is 0 Å². The van der Waals surface area contributed by atoms with Crippen molar-refractivity contribution < 1.29 is 0 Å². The summed E-state index contributed by atoms with van der Waals surface area (Å²) in [5.41, 5.74) is 0. The van der Waals surface area contributed by atoms with Gasteiger partial charge in [-0.25, -0.2) is 0 Å². The second-order valence-corrected chi connectivity index (χ2v) is 9.83. The molecular weight excluding hydrogens is 380 g/mol. The summed E-state index contributed by atoms with van der Waals surface area (Å²) < 4.78 is 0. The maximum Gasteiger partial charge on any atom is 0.0145 e. The predicted octanol–water partition coefficient (Wildman–Crippen LogP) is 10.4. The Kier molecular flexibility index (Phi) is 24.0. The molecule has 0 rings (SSSR count). The van der Waals surface area contributed by atoms with Crippen molar-refractivity contribution in [3.8, 4) is 0 Å². The molecule has 0 aliphatic carbocycles. The van der Waals surface area contributed by atoms with Crippen LogP contribution in [0.5, 0.6) is 0 Å².